The molecule has 0 saturated carbocycles. The molecule has 3 aromatic heterocycles. The third-order valence-electron chi connectivity index (χ3n) is 3.51. The Morgan fingerprint density at radius 1 is 1.18 bits per heavy atom. The molecule has 3 heterocycles. The van der Waals surface area contributed by atoms with Crippen molar-refractivity contribution < 1.29 is 0 Å². The van der Waals surface area contributed by atoms with Crippen LogP contribution >= 0.6 is 0 Å². The van der Waals surface area contributed by atoms with Gasteiger partial charge in [0.25, 0.3) is 0 Å². The molecular formula is C16H20N6. The van der Waals surface area contributed by atoms with Gasteiger partial charge in [0.2, 0.25) is 0 Å². The minimum absolute atomic E-state index is 0.781. The van der Waals surface area contributed by atoms with Crippen LogP contribution in [0.3, 0.4) is 0 Å². The largest absolute Gasteiger partial charge is 0.369 e. The highest BCUT2D eigenvalue weighted by Gasteiger charge is 2.10. The Labute approximate surface area is 129 Å². The Bertz CT molecular complexity index is 750. The van der Waals surface area contributed by atoms with E-state index in [0.717, 1.165) is 54.2 Å². The number of fused-ring (bicyclic) bond motifs is 1. The quantitative estimate of drug-likeness (QED) is 0.756. The lowest BCUT2D eigenvalue weighted by molar-refractivity contribution is 0.772. The predicted molar refractivity (Wildman–Crippen MR) is 86.7 cm³/mol. The van der Waals surface area contributed by atoms with E-state index in [1.54, 1.807) is 4.68 Å². The second-order valence-corrected chi connectivity index (χ2v) is 5.24. The molecule has 22 heavy (non-hydrogen) atoms. The molecule has 0 unspecified atom stereocenters. The summed E-state index contributed by atoms with van der Waals surface area (Å²) in [4.78, 5) is 13.6. The summed E-state index contributed by atoms with van der Waals surface area (Å²) in [7, 11) is 1.91. The van der Waals surface area contributed by atoms with E-state index in [9.17, 15) is 0 Å². The molecular weight excluding hydrogens is 276 g/mol. The molecule has 3 rings (SSSR count). The molecule has 0 fully saturated rings. The second-order valence-electron chi connectivity index (χ2n) is 5.24. The summed E-state index contributed by atoms with van der Waals surface area (Å²) < 4.78 is 1.79. The number of nitrogens with zero attached hydrogens (tertiary/aromatic N) is 5. The molecule has 6 nitrogen and oxygen atoms in total. The van der Waals surface area contributed by atoms with Gasteiger partial charge in [-0.25, -0.2) is 9.97 Å². The number of anilines is 1. The van der Waals surface area contributed by atoms with Crippen LogP contribution in [-0.4, -0.2) is 31.3 Å². The van der Waals surface area contributed by atoms with Crippen molar-refractivity contribution in [2.75, 3.05) is 11.9 Å². The summed E-state index contributed by atoms with van der Waals surface area (Å²) in [5.41, 5.74) is 1.94. The van der Waals surface area contributed by atoms with Gasteiger partial charge < -0.3 is 5.32 Å². The summed E-state index contributed by atoms with van der Waals surface area (Å²) >= 11 is 0. The maximum Gasteiger partial charge on any atom is 0.163 e. The lowest BCUT2D eigenvalue weighted by Gasteiger charge is -2.08. The Kier molecular flexibility index (Phi) is 4.27. The first-order valence-corrected chi connectivity index (χ1v) is 7.60. The molecule has 1 N–H and O–H groups in total. The summed E-state index contributed by atoms with van der Waals surface area (Å²) in [5, 5.41) is 8.65. The van der Waals surface area contributed by atoms with Gasteiger partial charge in [0, 0.05) is 38.3 Å². The van der Waals surface area contributed by atoms with Gasteiger partial charge in [-0.3, -0.25) is 9.67 Å². The molecule has 0 aliphatic rings. The topological polar surface area (TPSA) is 68.5 Å². The van der Waals surface area contributed by atoms with Gasteiger partial charge in [0.1, 0.15) is 11.6 Å². The average molecular weight is 296 g/mol. The number of aryl methyl sites for hydroxylation is 2. The van der Waals surface area contributed by atoms with Crippen LogP contribution in [0.5, 0.6) is 0 Å². The van der Waals surface area contributed by atoms with Crippen LogP contribution in [-0.2, 0) is 19.9 Å². The number of rotatable bonds is 6. The van der Waals surface area contributed by atoms with Crippen molar-refractivity contribution in [1.82, 2.24) is 24.7 Å². The SMILES string of the molecule is CCCc1nc(NCCc2ccccn2)c2cnn(C)c2n1. The lowest BCUT2D eigenvalue weighted by Crippen LogP contribution is -2.09. The zero-order valence-corrected chi connectivity index (χ0v) is 13.0. The van der Waals surface area contributed by atoms with Crippen LogP contribution < -0.4 is 5.32 Å². The zero-order valence-electron chi connectivity index (χ0n) is 13.0. The van der Waals surface area contributed by atoms with Crippen molar-refractivity contribution in [3.05, 3.63) is 42.1 Å². The monoisotopic (exact) mass is 296 g/mol. The first kappa shape index (κ1) is 14.4. The summed E-state index contributed by atoms with van der Waals surface area (Å²) in [6, 6.07) is 5.97. The lowest BCUT2D eigenvalue weighted by atomic mass is 10.2. The summed E-state index contributed by atoms with van der Waals surface area (Å²) in [6.45, 7) is 2.91. The van der Waals surface area contributed by atoms with E-state index >= 15 is 0 Å². The third-order valence-corrected chi connectivity index (χ3v) is 3.51. The van der Waals surface area contributed by atoms with E-state index in [4.69, 9.17) is 0 Å². The van der Waals surface area contributed by atoms with Gasteiger partial charge in [0.05, 0.1) is 11.6 Å². The second kappa shape index (κ2) is 6.51. The standard InChI is InChI=1S/C16H20N6/c1-3-6-14-20-15(13-11-19-22(2)16(13)21-14)18-10-8-12-7-4-5-9-17-12/h4-5,7,9,11H,3,6,8,10H2,1-2H3,(H,18,20,21). The van der Waals surface area contributed by atoms with Crippen LogP contribution in [0.25, 0.3) is 11.0 Å². The highest BCUT2D eigenvalue weighted by atomic mass is 15.3. The number of hydrogen-bond acceptors (Lipinski definition) is 5. The molecule has 0 saturated heterocycles. The van der Waals surface area contributed by atoms with E-state index in [2.05, 4.69) is 32.3 Å². The first-order chi connectivity index (χ1) is 10.8. The van der Waals surface area contributed by atoms with Crippen molar-refractivity contribution in [3.8, 4) is 0 Å². The molecule has 6 heteroatoms. The fourth-order valence-corrected chi connectivity index (χ4v) is 2.39. The van der Waals surface area contributed by atoms with Crippen LogP contribution in [0.1, 0.15) is 24.9 Å². The first-order valence-electron chi connectivity index (χ1n) is 7.60. The van der Waals surface area contributed by atoms with E-state index in [0.29, 0.717) is 0 Å². The van der Waals surface area contributed by atoms with Crippen molar-refractivity contribution in [3.63, 3.8) is 0 Å². The maximum atomic E-state index is 4.64. The molecule has 0 spiro atoms. The Morgan fingerprint density at radius 2 is 2.09 bits per heavy atom. The third kappa shape index (κ3) is 3.05. The van der Waals surface area contributed by atoms with Gasteiger partial charge >= 0.3 is 0 Å². The minimum Gasteiger partial charge on any atom is -0.369 e. The number of hydrogen-bond donors (Lipinski definition) is 1. The number of pyridine rings is 1. The van der Waals surface area contributed by atoms with Gasteiger partial charge in [-0.05, 0) is 18.6 Å². The fraction of sp³-hybridized carbons (Fsp3) is 0.375. The van der Waals surface area contributed by atoms with Crippen molar-refractivity contribution in [2.45, 2.75) is 26.2 Å². The highest BCUT2D eigenvalue weighted by molar-refractivity contribution is 5.86. The maximum absolute atomic E-state index is 4.64. The smallest absolute Gasteiger partial charge is 0.163 e. The number of nitrogens with one attached hydrogen (secondary N) is 1. The van der Waals surface area contributed by atoms with Gasteiger partial charge in [-0.15, -0.1) is 0 Å². The van der Waals surface area contributed by atoms with E-state index in [1.807, 2.05) is 37.6 Å². The van der Waals surface area contributed by atoms with Crippen LogP contribution in [0, 0.1) is 0 Å². The molecule has 0 atom stereocenters. The molecule has 114 valence electrons. The molecule has 0 aliphatic heterocycles. The summed E-state index contributed by atoms with van der Waals surface area (Å²) in [5.74, 6) is 1.72. The predicted octanol–water partition coefficient (Wildman–Crippen LogP) is 2.37. The summed E-state index contributed by atoms with van der Waals surface area (Å²) in [6.07, 6.45) is 6.38. The molecule has 0 aromatic carbocycles. The number of aromatic nitrogens is 5. The van der Waals surface area contributed by atoms with E-state index in [-0.39, 0.29) is 0 Å². The van der Waals surface area contributed by atoms with Gasteiger partial charge in [-0.1, -0.05) is 13.0 Å². The van der Waals surface area contributed by atoms with Crippen LogP contribution in [0.4, 0.5) is 5.82 Å². The van der Waals surface area contributed by atoms with Gasteiger partial charge in [0.15, 0.2) is 5.65 Å². The van der Waals surface area contributed by atoms with Crippen molar-refractivity contribution in [2.24, 2.45) is 7.05 Å². The van der Waals surface area contributed by atoms with Gasteiger partial charge in [-0.2, -0.15) is 5.10 Å². The zero-order chi connectivity index (χ0) is 15.4. The molecule has 3 aromatic rings. The molecule has 0 aliphatic carbocycles. The average Bonchev–Trinajstić information content (AvgIpc) is 2.90. The Balaban J connectivity index is 1.79. The molecule has 0 bridgehead atoms. The fourth-order valence-electron chi connectivity index (χ4n) is 2.39. The Morgan fingerprint density at radius 3 is 2.86 bits per heavy atom. The van der Waals surface area contributed by atoms with E-state index in [1.165, 1.54) is 0 Å². The molecule has 0 amide bonds. The highest BCUT2D eigenvalue weighted by Crippen LogP contribution is 2.20. The van der Waals surface area contributed by atoms with Crippen LogP contribution in [0.2, 0.25) is 0 Å². The molecule has 0 radical (unpaired) electrons. The van der Waals surface area contributed by atoms with E-state index < -0.39 is 0 Å². The van der Waals surface area contributed by atoms with Crippen molar-refractivity contribution in [1.29, 1.82) is 0 Å². The van der Waals surface area contributed by atoms with Crippen molar-refractivity contribution >= 4 is 16.9 Å². The Hall–Kier alpha value is -2.50. The van der Waals surface area contributed by atoms with Crippen LogP contribution in [0.15, 0.2) is 30.6 Å². The normalized spacial score (nSPS) is 11.0. The minimum atomic E-state index is 0.781.